The Morgan fingerprint density at radius 1 is 1.25 bits per heavy atom. The molecule has 0 heterocycles. The molecule has 0 saturated heterocycles. The molecule has 70 valence electrons. The molecule has 1 N–H and O–H groups in total. The van der Waals surface area contributed by atoms with Crippen molar-refractivity contribution < 1.29 is 0 Å². The van der Waals surface area contributed by atoms with Crippen molar-refractivity contribution in [3.8, 4) is 0 Å². The smallest absolute Gasteiger partial charge is 0.00953 e. The summed E-state index contributed by atoms with van der Waals surface area (Å²) in [6, 6.07) is 0.793. The molecule has 2 bridgehead atoms. The van der Waals surface area contributed by atoms with E-state index in [1.54, 1.807) is 0 Å². The van der Waals surface area contributed by atoms with Gasteiger partial charge in [-0.1, -0.05) is 20.8 Å². The zero-order chi connectivity index (χ0) is 8.93. The lowest BCUT2D eigenvalue weighted by molar-refractivity contribution is -0.113. The molecular formula is C11H21N. The Labute approximate surface area is 75.9 Å². The van der Waals surface area contributed by atoms with E-state index in [0.717, 1.165) is 23.8 Å². The second kappa shape index (κ2) is 2.47. The molecule has 0 aromatic carbocycles. The molecule has 3 saturated carbocycles. The van der Waals surface area contributed by atoms with Crippen LogP contribution in [0.4, 0.5) is 0 Å². The molecule has 0 aromatic heterocycles. The molecule has 1 unspecified atom stereocenters. The summed E-state index contributed by atoms with van der Waals surface area (Å²) in [5.74, 6) is 2.86. The highest BCUT2D eigenvalue weighted by atomic mass is 14.9. The number of nitrogens with one attached hydrogen (secondary N) is 1. The molecule has 0 radical (unpaired) electrons. The molecule has 4 atom stereocenters. The van der Waals surface area contributed by atoms with Gasteiger partial charge >= 0.3 is 0 Å². The molecule has 0 aromatic rings. The van der Waals surface area contributed by atoms with Crippen LogP contribution in [0.1, 0.15) is 33.6 Å². The Morgan fingerprint density at radius 3 is 2.33 bits per heavy atom. The zero-order valence-corrected chi connectivity index (χ0v) is 8.72. The molecule has 0 spiro atoms. The Kier molecular flexibility index (Phi) is 1.76. The van der Waals surface area contributed by atoms with Crippen molar-refractivity contribution in [2.75, 3.05) is 7.05 Å². The van der Waals surface area contributed by atoms with E-state index < -0.39 is 0 Å². The van der Waals surface area contributed by atoms with Crippen LogP contribution in [0.15, 0.2) is 0 Å². The standard InChI is InChI=1S/C11H21N/c1-7-9-5-8(11(9,2)3)6-10(7)12-4/h7-10,12H,5-6H2,1-4H3/t7?,8-,9+,10+/m0/s1. The van der Waals surface area contributed by atoms with Crippen LogP contribution in [0.3, 0.4) is 0 Å². The van der Waals surface area contributed by atoms with Crippen LogP contribution in [0, 0.1) is 23.2 Å². The second-order valence-electron chi connectivity index (χ2n) is 5.35. The van der Waals surface area contributed by atoms with Gasteiger partial charge in [0.1, 0.15) is 0 Å². The highest BCUT2D eigenvalue weighted by Crippen LogP contribution is 2.61. The summed E-state index contributed by atoms with van der Waals surface area (Å²) >= 11 is 0. The van der Waals surface area contributed by atoms with Crippen molar-refractivity contribution in [3.05, 3.63) is 0 Å². The average Bonchev–Trinajstić information content (AvgIpc) is 2.03. The number of hydrogen-bond donors (Lipinski definition) is 1. The van der Waals surface area contributed by atoms with E-state index in [-0.39, 0.29) is 0 Å². The average molecular weight is 167 g/mol. The molecule has 0 amide bonds. The fourth-order valence-corrected chi connectivity index (χ4v) is 3.53. The fourth-order valence-electron chi connectivity index (χ4n) is 3.53. The Balaban J connectivity index is 2.11. The topological polar surface area (TPSA) is 12.0 Å². The van der Waals surface area contributed by atoms with E-state index in [1.165, 1.54) is 12.8 Å². The van der Waals surface area contributed by atoms with Crippen LogP contribution in [0.5, 0.6) is 0 Å². The predicted molar refractivity (Wildman–Crippen MR) is 52.0 cm³/mol. The Hall–Kier alpha value is -0.0400. The lowest BCUT2D eigenvalue weighted by Crippen LogP contribution is -2.59. The number of hydrogen-bond acceptors (Lipinski definition) is 1. The van der Waals surface area contributed by atoms with Gasteiger partial charge in [0.15, 0.2) is 0 Å². The molecule has 0 aliphatic heterocycles. The van der Waals surface area contributed by atoms with E-state index >= 15 is 0 Å². The van der Waals surface area contributed by atoms with Crippen LogP contribution in [-0.2, 0) is 0 Å². The molecule has 1 heteroatoms. The van der Waals surface area contributed by atoms with Gasteiger partial charge in [0.05, 0.1) is 0 Å². The van der Waals surface area contributed by atoms with Gasteiger partial charge in [-0.25, -0.2) is 0 Å². The summed E-state index contributed by atoms with van der Waals surface area (Å²) in [7, 11) is 2.11. The van der Waals surface area contributed by atoms with Gasteiger partial charge in [0.25, 0.3) is 0 Å². The van der Waals surface area contributed by atoms with Gasteiger partial charge in [-0.3, -0.25) is 0 Å². The lowest BCUT2D eigenvalue weighted by atomic mass is 9.45. The molecule has 3 aliphatic rings. The first-order valence-corrected chi connectivity index (χ1v) is 5.24. The first kappa shape index (κ1) is 8.55. The first-order valence-electron chi connectivity index (χ1n) is 5.24. The van der Waals surface area contributed by atoms with E-state index in [2.05, 4.69) is 33.1 Å². The van der Waals surface area contributed by atoms with Crippen LogP contribution in [-0.4, -0.2) is 13.1 Å². The van der Waals surface area contributed by atoms with Crippen molar-refractivity contribution in [2.45, 2.75) is 39.7 Å². The zero-order valence-electron chi connectivity index (χ0n) is 8.72. The van der Waals surface area contributed by atoms with E-state index in [1.807, 2.05) is 0 Å². The van der Waals surface area contributed by atoms with Crippen molar-refractivity contribution in [1.82, 2.24) is 5.32 Å². The highest BCUT2D eigenvalue weighted by molar-refractivity contribution is 5.06. The minimum absolute atomic E-state index is 0.646. The molecule has 3 aliphatic carbocycles. The maximum atomic E-state index is 3.45. The molecule has 3 rings (SSSR count). The Morgan fingerprint density at radius 2 is 1.92 bits per heavy atom. The maximum absolute atomic E-state index is 3.45. The van der Waals surface area contributed by atoms with Gasteiger partial charge in [-0.15, -0.1) is 0 Å². The third-order valence-electron chi connectivity index (χ3n) is 4.72. The molecular weight excluding hydrogens is 146 g/mol. The molecule has 1 nitrogen and oxygen atoms in total. The second-order valence-corrected chi connectivity index (χ2v) is 5.35. The maximum Gasteiger partial charge on any atom is 0.00953 e. The molecule has 3 fully saturated rings. The minimum Gasteiger partial charge on any atom is -0.317 e. The van der Waals surface area contributed by atoms with Gasteiger partial charge in [0.2, 0.25) is 0 Å². The first-order chi connectivity index (χ1) is 5.57. The van der Waals surface area contributed by atoms with E-state index in [4.69, 9.17) is 0 Å². The SMILES string of the molecule is CN[C@@H]1C[C@@H]2C[C@H](C1C)C2(C)C. The fraction of sp³-hybridized carbons (Fsp3) is 1.00. The van der Waals surface area contributed by atoms with Gasteiger partial charge in [-0.05, 0) is 43.1 Å². The normalized spacial score (nSPS) is 50.0. The lowest BCUT2D eigenvalue weighted by Gasteiger charge is -2.62. The summed E-state index contributed by atoms with van der Waals surface area (Å²) in [6.07, 6.45) is 2.90. The summed E-state index contributed by atoms with van der Waals surface area (Å²) in [5, 5.41) is 3.45. The quantitative estimate of drug-likeness (QED) is 0.632. The molecule has 12 heavy (non-hydrogen) atoms. The number of rotatable bonds is 1. The van der Waals surface area contributed by atoms with E-state index in [9.17, 15) is 0 Å². The van der Waals surface area contributed by atoms with Gasteiger partial charge in [-0.2, -0.15) is 0 Å². The summed E-state index contributed by atoms with van der Waals surface area (Å²) in [6.45, 7) is 7.32. The van der Waals surface area contributed by atoms with Crippen LogP contribution in [0.25, 0.3) is 0 Å². The van der Waals surface area contributed by atoms with Crippen molar-refractivity contribution >= 4 is 0 Å². The van der Waals surface area contributed by atoms with Crippen molar-refractivity contribution in [2.24, 2.45) is 23.2 Å². The van der Waals surface area contributed by atoms with E-state index in [0.29, 0.717) is 5.41 Å². The number of fused-ring (bicyclic) bond motifs is 2. The van der Waals surface area contributed by atoms with Crippen LogP contribution in [0.2, 0.25) is 0 Å². The van der Waals surface area contributed by atoms with Crippen LogP contribution >= 0.6 is 0 Å². The summed E-state index contributed by atoms with van der Waals surface area (Å²) in [5.41, 5.74) is 0.646. The highest BCUT2D eigenvalue weighted by Gasteiger charge is 2.55. The summed E-state index contributed by atoms with van der Waals surface area (Å²) < 4.78 is 0. The largest absolute Gasteiger partial charge is 0.317 e. The monoisotopic (exact) mass is 167 g/mol. The third kappa shape index (κ3) is 0.891. The van der Waals surface area contributed by atoms with Crippen LogP contribution < -0.4 is 5.32 Å². The van der Waals surface area contributed by atoms with Crippen molar-refractivity contribution in [1.29, 1.82) is 0 Å². The Bertz CT molecular complexity index is 185. The summed E-state index contributed by atoms with van der Waals surface area (Å²) in [4.78, 5) is 0. The van der Waals surface area contributed by atoms with Crippen molar-refractivity contribution in [3.63, 3.8) is 0 Å². The minimum atomic E-state index is 0.646. The third-order valence-corrected chi connectivity index (χ3v) is 4.72. The predicted octanol–water partition coefficient (Wildman–Crippen LogP) is 2.28. The van der Waals surface area contributed by atoms with Gasteiger partial charge in [0, 0.05) is 6.04 Å². The van der Waals surface area contributed by atoms with Gasteiger partial charge < -0.3 is 5.32 Å².